The van der Waals surface area contributed by atoms with Gasteiger partial charge in [-0.2, -0.15) is 0 Å². The van der Waals surface area contributed by atoms with Gasteiger partial charge in [0.15, 0.2) is 6.10 Å². The monoisotopic (exact) mass is 1050 g/mol. The Labute approximate surface area is 470 Å². The minimum Gasteiger partial charge on any atom is -0.462 e. The van der Waals surface area contributed by atoms with Crippen molar-refractivity contribution >= 4 is 17.9 Å². The molecule has 0 amide bonds. The lowest BCUT2D eigenvalue weighted by molar-refractivity contribution is -0.167. The molecule has 0 heterocycles. The van der Waals surface area contributed by atoms with Crippen molar-refractivity contribution in [2.24, 2.45) is 0 Å². The molecule has 0 aliphatic heterocycles. The fourth-order valence-electron chi connectivity index (χ4n) is 8.75. The van der Waals surface area contributed by atoms with E-state index in [-0.39, 0.29) is 31.1 Å². The van der Waals surface area contributed by atoms with Crippen LogP contribution in [0.3, 0.4) is 0 Å². The summed E-state index contributed by atoms with van der Waals surface area (Å²) in [4.78, 5) is 38.1. The van der Waals surface area contributed by atoms with E-state index in [0.29, 0.717) is 19.3 Å². The average Bonchev–Trinajstić information content (AvgIpc) is 3.42. The Hall–Kier alpha value is -3.93. The number of hydrogen-bond donors (Lipinski definition) is 0. The zero-order chi connectivity index (χ0) is 55.0. The molecule has 76 heavy (non-hydrogen) atoms. The van der Waals surface area contributed by atoms with Crippen LogP contribution in [0.5, 0.6) is 0 Å². The van der Waals surface area contributed by atoms with Crippen LogP contribution >= 0.6 is 0 Å². The third-order valence-electron chi connectivity index (χ3n) is 13.5. The fraction of sp³-hybridized carbons (Fsp3) is 0.700. The van der Waals surface area contributed by atoms with Crippen LogP contribution in [0.1, 0.15) is 297 Å². The van der Waals surface area contributed by atoms with Gasteiger partial charge < -0.3 is 14.2 Å². The number of allylic oxidation sites excluding steroid dienone is 18. The predicted octanol–water partition coefficient (Wildman–Crippen LogP) is 21.8. The molecule has 6 nitrogen and oxygen atoms in total. The molecule has 0 saturated heterocycles. The maximum Gasteiger partial charge on any atom is 0.306 e. The van der Waals surface area contributed by atoms with Gasteiger partial charge in [-0.15, -0.1) is 0 Å². The van der Waals surface area contributed by atoms with E-state index in [1.165, 1.54) is 135 Å². The van der Waals surface area contributed by atoms with E-state index in [1.807, 2.05) is 0 Å². The summed E-state index contributed by atoms with van der Waals surface area (Å²) >= 11 is 0. The summed E-state index contributed by atoms with van der Waals surface area (Å²) in [6.07, 6.45) is 86.8. The minimum absolute atomic E-state index is 0.0839. The first-order valence-electron chi connectivity index (χ1n) is 31.9. The molecule has 0 aliphatic carbocycles. The maximum atomic E-state index is 12.9. The number of hydrogen-bond acceptors (Lipinski definition) is 6. The zero-order valence-electron chi connectivity index (χ0n) is 49.7. The van der Waals surface area contributed by atoms with Gasteiger partial charge in [0.1, 0.15) is 13.2 Å². The summed E-state index contributed by atoms with van der Waals surface area (Å²) in [6, 6.07) is 0. The van der Waals surface area contributed by atoms with Crippen LogP contribution in [0.25, 0.3) is 0 Å². The van der Waals surface area contributed by atoms with E-state index in [9.17, 15) is 14.4 Å². The van der Waals surface area contributed by atoms with Gasteiger partial charge in [0.2, 0.25) is 0 Å². The van der Waals surface area contributed by atoms with Crippen molar-refractivity contribution in [3.63, 3.8) is 0 Å². The van der Waals surface area contributed by atoms with Gasteiger partial charge in [-0.3, -0.25) is 14.4 Å². The van der Waals surface area contributed by atoms with Gasteiger partial charge in [-0.25, -0.2) is 0 Å². The van der Waals surface area contributed by atoms with Gasteiger partial charge >= 0.3 is 17.9 Å². The molecule has 0 aromatic carbocycles. The molecule has 0 radical (unpaired) electrons. The molecule has 1 unspecified atom stereocenters. The highest BCUT2D eigenvalue weighted by Gasteiger charge is 2.19. The highest BCUT2D eigenvalue weighted by Crippen LogP contribution is 2.15. The van der Waals surface area contributed by atoms with Crippen molar-refractivity contribution in [2.75, 3.05) is 13.2 Å². The van der Waals surface area contributed by atoms with E-state index in [1.54, 1.807) is 0 Å². The van der Waals surface area contributed by atoms with E-state index in [2.05, 4.69) is 130 Å². The molecule has 1 atom stereocenters. The number of esters is 3. The van der Waals surface area contributed by atoms with Crippen molar-refractivity contribution in [3.05, 3.63) is 109 Å². The van der Waals surface area contributed by atoms with E-state index in [4.69, 9.17) is 14.2 Å². The molecule has 0 bridgehead atoms. The first-order chi connectivity index (χ1) is 37.5. The highest BCUT2D eigenvalue weighted by atomic mass is 16.6. The largest absolute Gasteiger partial charge is 0.462 e. The van der Waals surface area contributed by atoms with Crippen LogP contribution in [-0.4, -0.2) is 37.2 Å². The SMILES string of the molecule is CC/C=C\C/C=C\C/C=C\C/C=C\C/C=C\C/C=C\CCCCCCCCC(=O)OCC(COC(=O)CCCCCCCCCC)OC(=O)CCCCCCCCCCCC/C=C\C/C=C\C/C=C\CCCCCCC. The van der Waals surface area contributed by atoms with Crippen molar-refractivity contribution in [1.82, 2.24) is 0 Å². The summed E-state index contributed by atoms with van der Waals surface area (Å²) in [5.41, 5.74) is 0. The van der Waals surface area contributed by atoms with Gasteiger partial charge in [0, 0.05) is 19.3 Å². The Kier molecular flexibility index (Phi) is 60.3. The third-order valence-corrected chi connectivity index (χ3v) is 13.5. The molecule has 0 aromatic rings. The normalized spacial score (nSPS) is 12.8. The first-order valence-corrected chi connectivity index (χ1v) is 31.9. The first kappa shape index (κ1) is 72.1. The number of carbonyl (C=O) groups excluding carboxylic acids is 3. The lowest BCUT2D eigenvalue weighted by Crippen LogP contribution is -2.30. The van der Waals surface area contributed by atoms with Crippen LogP contribution in [-0.2, 0) is 28.6 Å². The Morgan fingerprint density at radius 2 is 0.513 bits per heavy atom. The van der Waals surface area contributed by atoms with Gasteiger partial charge in [-0.1, -0.05) is 278 Å². The van der Waals surface area contributed by atoms with Crippen molar-refractivity contribution in [1.29, 1.82) is 0 Å². The number of carbonyl (C=O) groups is 3. The molecule has 0 rings (SSSR count). The number of unbranched alkanes of at least 4 members (excludes halogenated alkanes) is 28. The quantitative estimate of drug-likeness (QED) is 0.0261. The molecule has 0 aliphatic rings. The Bertz CT molecular complexity index is 1540. The van der Waals surface area contributed by atoms with Crippen LogP contribution in [0.4, 0.5) is 0 Å². The molecule has 0 aromatic heterocycles. The third kappa shape index (κ3) is 60.9. The Balaban J connectivity index is 4.25. The molecular formula is C70H118O6. The summed E-state index contributed by atoms with van der Waals surface area (Å²) in [5, 5.41) is 0. The average molecular weight is 1060 g/mol. The number of rotatable bonds is 57. The van der Waals surface area contributed by atoms with Gasteiger partial charge in [-0.05, 0) is 109 Å². The fourth-order valence-corrected chi connectivity index (χ4v) is 8.75. The molecule has 0 fully saturated rings. The Morgan fingerprint density at radius 1 is 0.276 bits per heavy atom. The van der Waals surface area contributed by atoms with E-state index >= 15 is 0 Å². The van der Waals surface area contributed by atoms with Crippen LogP contribution < -0.4 is 0 Å². The summed E-state index contributed by atoms with van der Waals surface area (Å²) in [7, 11) is 0. The summed E-state index contributed by atoms with van der Waals surface area (Å²) < 4.78 is 16.9. The van der Waals surface area contributed by atoms with Crippen LogP contribution in [0, 0.1) is 0 Å². The minimum atomic E-state index is -0.787. The topological polar surface area (TPSA) is 78.9 Å². The second-order valence-corrected chi connectivity index (χ2v) is 20.9. The van der Waals surface area contributed by atoms with E-state index in [0.717, 1.165) is 122 Å². The van der Waals surface area contributed by atoms with Crippen LogP contribution in [0.2, 0.25) is 0 Å². The molecule has 0 N–H and O–H groups in total. The summed E-state index contributed by atoms with van der Waals surface area (Å²) in [6.45, 7) is 6.48. The van der Waals surface area contributed by atoms with Crippen molar-refractivity contribution < 1.29 is 28.6 Å². The lowest BCUT2D eigenvalue weighted by atomic mass is 10.0. The molecular weight excluding hydrogens is 937 g/mol. The van der Waals surface area contributed by atoms with E-state index < -0.39 is 6.10 Å². The van der Waals surface area contributed by atoms with Crippen LogP contribution in [0.15, 0.2) is 109 Å². The molecule has 0 saturated carbocycles. The molecule has 434 valence electrons. The molecule has 0 spiro atoms. The smallest absolute Gasteiger partial charge is 0.306 e. The maximum absolute atomic E-state index is 12.9. The zero-order valence-corrected chi connectivity index (χ0v) is 49.7. The van der Waals surface area contributed by atoms with Crippen molar-refractivity contribution in [3.8, 4) is 0 Å². The second kappa shape index (κ2) is 63.6. The Morgan fingerprint density at radius 3 is 0.803 bits per heavy atom. The number of ether oxygens (including phenoxy) is 3. The van der Waals surface area contributed by atoms with Crippen molar-refractivity contribution in [2.45, 2.75) is 303 Å². The standard InChI is InChI=1S/C70H118O6/c1-4-7-10-13-16-19-21-23-25-27-29-31-33-35-37-39-41-43-45-47-49-51-54-57-60-63-69(72)75-66-67(65-74-68(71)62-59-56-53-18-15-12-9-6-3)76-70(73)64-61-58-55-52-50-48-46-44-42-40-38-36-34-32-30-28-26-24-22-20-17-14-11-8-5-2/h7,10,16,19,22-25,28-31,34-37,41,43,67H,4-6,8-9,11-15,17-18,20-21,26-27,32-33,38-40,42,44-66H2,1-3H3/b10-7-,19-16-,24-22-,25-23-,30-28-,31-29-,36-34-,37-35-,43-41-. The van der Waals surface area contributed by atoms with Gasteiger partial charge in [0.25, 0.3) is 0 Å². The highest BCUT2D eigenvalue weighted by molar-refractivity contribution is 5.71. The van der Waals surface area contributed by atoms with Gasteiger partial charge in [0.05, 0.1) is 0 Å². The molecule has 6 heteroatoms. The predicted molar refractivity (Wildman–Crippen MR) is 330 cm³/mol. The summed E-state index contributed by atoms with van der Waals surface area (Å²) in [5.74, 6) is -0.902. The lowest BCUT2D eigenvalue weighted by Gasteiger charge is -2.18. The second-order valence-electron chi connectivity index (χ2n) is 20.9.